The molecule has 0 unspecified atom stereocenters. The Kier molecular flexibility index (Phi) is 8.87. The van der Waals surface area contributed by atoms with Crippen LogP contribution in [0.1, 0.15) is 22.3 Å². The Balaban J connectivity index is 0.000000155. The highest BCUT2D eigenvalue weighted by Crippen LogP contribution is 2.28. The topological polar surface area (TPSA) is 150 Å². The predicted molar refractivity (Wildman–Crippen MR) is 188 cm³/mol. The lowest BCUT2D eigenvalue weighted by Gasteiger charge is -2.09. The molecule has 8 rings (SSSR count). The van der Waals surface area contributed by atoms with Gasteiger partial charge < -0.3 is 18.3 Å². The molecule has 244 valence electrons. The number of imide groups is 2. The third-order valence-electron chi connectivity index (χ3n) is 7.64. The number of rotatable bonds is 7. The molecular weight excluding hydrogens is 665 g/mol. The molecule has 49 heavy (non-hydrogen) atoms. The first-order valence-corrected chi connectivity index (χ1v) is 16.5. The number of aromatic nitrogens is 4. The molecule has 0 radical (unpaired) electrons. The van der Waals surface area contributed by atoms with Crippen LogP contribution in [0.15, 0.2) is 106 Å². The summed E-state index contributed by atoms with van der Waals surface area (Å²) in [5.41, 5.74) is 7.41. The van der Waals surface area contributed by atoms with Gasteiger partial charge in [0.1, 0.15) is 5.75 Å². The van der Waals surface area contributed by atoms with E-state index in [2.05, 4.69) is 20.6 Å². The summed E-state index contributed by atoms with van der Waals surface area (Å²) in [6.45, 7) is 1.27. The number of ether oxygens (including phenoxy) is 1. The van der Waals surface area contributed by atoms with Gasteiger partial charge in [-0.1, -0.05) is 30.3 Å². The van der Waals surface area contributed by atoms with Gasteiger partial charge in [-0.3, -0.25) is 29.8 Å². The van der Waals surface area contributed by atoms with Crippen LogP contribution >= 0.6 is 23.5 Å². The van der Waals surface area contributed by atoms with Crippen molar-refractivity contribution in [3.05, 3.63) is 124 Å². The second kappa shape index (κ2) is 13.7. The quantitative estimate of drug-likeness (QED) is 0.180. The number of hydrogen-bond donors (Lipinski definition) is 2. The highest BCUT2D eigenvalue weighted by Gasteiger charge is 2.26. The molecule has 3 aromatic heterocycles. The molecule has 2 fully saturated rings. The number of benzene rings is 3. The molecule has 12 nitrogen and oxygen atoms in total. The van der Waals surface area contributed by atoms with Crippen molar-refractivity contribution in [3.8, 4) is 5.75 Å². The van der Waals surface area contributed by atoms with Crippen molar-refractivity contribution in [1.82, 2.24) is 29.7 Å². The van der Waals surface area contributed by atoms with Crippen molar-refractivity contribution in [2.24, 2.45) is 0 Å². The molecule has 0 atom stereocenters. The lowest BCUT2D eigenvalue weighted by atomic mass is 10.1. The normalized spacial score (nSPS) is 16.0. The maximum Gasteiger partial charge on any atom is 0.290 e. The molecule has 3 aromatic carbocycles. The van der Waals surface area contributed by atoms with Crippen LogP contribution in [0, 0.1) is 0 Å². The maximum absolute atomic E-state index is 11.7. The minimum Gasteiger partial charge on any atom is -0.496 e. The van der Waals surface area contributed by atoms with E-state index in [9.17, 15) is 19.2 Å². The number of imidazole rings is 2. The predicted octanol–water partition coefficient (Wildman–Crippen LogP) is 6.42. The highest BCUT2D eigenvalue weighted by molar-refractivity contribution is 8.18. The molecular formula is C35H26N6O6S2. The maximum atomic E-state index is 11.7. The van der Waals surface area contributed by atoms with Gasteiger partial charge in [0.2, 0.25) is 0 Å². The van der Waals surface area contributed by atoms with Crippen LogP contribution in [0.3, 0.4) is 0 Å². The number of thioether (sulfide) groups is 2. The zero-order valence-corrected chi connectivity index (χ0v) is 27.4. The van der Waals surface area contributed by atoms with E-state index in [0.29, 0.717) is 22.9 Å². The van der Waals surface area contributed by atoms with E-state index in [0.717, 1.165) is 73.6 Å². The monoisotopic (exact) mass is 690 g/mol. The number of amides is 4. The van der Waals surface area contributed by atoms with Gasteiger partial charge in [0.15, 0.2) is 0 Å². The van der Waals surface area contributed by atoms with Crippen LogP contribution in [0.25, 0.3) is 34.2 Å². The van der Waals surface area contributed by atoms with Gasteiger partial charge in [0.25, 0.3) is 22.3 Å². The van der Waals surface area contributed by atoms with Crippen molar-refractivity contribution in [1.29, 1.82) is 0 Å². The Morgan fingerprint density at radius 1 is 0.755 bits per heavy atom. The molecule has 2 aliphatic rings. The Morgan fingerprint density at radius 3 is 1.84 bits per heavy atom. The number of carbonyl (C=O) groups is 4. The summed E-state index contributed by atoms with van der Waals surface area (Å²) in [5, 5.41) is 3.83. The Bertz CT molecular complexity index is 2320. The molecule has 0 aliphatic carbocycles. The van der Waals surface area contributed by atoms with Crippen LogP contribution in [0.2, 0.25) is 0 Å². The van der Waals surface area contributed by atoms with E-state index in [-0.39, 0.29) is 22.3 Å². The standard InChI is InChI=1S/C19H15N3O3S.C16H11N3O3S/c1-25-16-5-3-2-4-13(16)10-22-11-20-14-7-6-12(8-15(14)22)9-17-18(23)21-19(24)26-17;20-15-14(23-16(21)18-15)6-10-1-2-12-13(5-10)19(9-17-12)7-11-3-4-22-8-11/h2-9,11H,10H2,1H3,(H,21,23,24);1-6,8-9H,7H2,(H,18,20,21). The zero-order chi connectivity index (χ0) is 33.9. The van der Waals surface area contributed by atoms with E-state index in [1.54, 1.807) is 44.4 Å². The van der Waals surface area contributed by atoms with Gasteiger partial charge in [-0.15, -0.1) is 0 Å². The first kappa shape index (κ1) is 31.7. The molecule has 2 aliphatic heterocycles. The van der Waals surface area contributed by atoms with E-state index in [4.69, 9.17) is 9.15 Å². The number of carbonyl (C=O) groups excluding carboxylic acids is 4. The fourth-order valence-corrected chi connectivity index (χ4v) is 6.68. The SMILES string of the molecule is COc1ccccc1Cn1cnc2ccc(C=C3SC(=O)NC3=O)cc21.O=C1NC(=O)C(=Cc2ccc3ncn(Cc4ccoc4)c3c2)S1. The average Bonchev–Trinajstić information content (AvgIpc) is 3.94. The first-order chi connectivity index (χ1) is 23.8. The molecule has 4 amide bonds. The van der Waals surface area contributed by atoms with Crippen molar-refractivity contribution in [2.45, 2.75) is 13.1 Å². The number of nitrogens with zero attached hydrogens (tertiary/aromatic N) is 4. The summed E-state index contributed by atoms with van der Waals surface area (Å²) < 4.78 is 14.5. The molecule has 5 heterocycles. The Labute approximate surface area is 287 Å². The van der Waals surface area contributed by atoms with Crippen LogP contribution in [-0.2, 0) is 22.7 Å². The minimum absolute atomic E-state index is 0.340. The number of hydrogen-bond acceptors (Lipinski definition) is 10. The average molecular weight is 691 g/mol. The van der Waals surface area contributed by atoms with Crippen LogP contribution < -0.4 is 15.4 Å². The van der Waals surface area contributed by atoms with E-state index < -0.39 is 0 Å². The first-order valence-electron chi connectivity index (χ1n) is 14.9. The van der Waals surface area contributed by atoms with E-state index in [1.807, 2.05) is 75.9 Å². The van der Waals surface area contributed by atoms with Gasteiger partial charge >= 0.3 is 0 Å². The molecule has 0 bridgehead atoms. The number of para-hydroxylation sites is 1. The third-order valence-corrected chi connectivity index (χ3v) is 9.26. The number of fused-ring (bicyclic) bond motifs is 2. The smallest absolute Gasteiger partial charge is 0.290 e. The van der Waals surface area contributed by atoms with Crippen molar-refractivity contribution >= 4 is 80.0 Å². The minimum atomic E-state index is -0.359. The summed E-state index contributed by atoms with van der Waals surface area (Å²) in [5.74, 6) is 0.111. The van der Waals surface area contributed by atoms with Crippen LogP contribution in [0.4, 0.5) is 9.59 Å². The zero-order valence-electron chi connectivity index (χ0n) is 25.8. The number of methoxy groups -OCH3 is 1. The van der Waals surface area contributed by atoms with Gasteiger partial charge in [0.05, 0.1) is 77.3 Å². The summed E-state index contributed by atoms with van der Waals surface area (Å²) in [6, 6.07) is 21.2. The number of furan rings is 1. The van der Waals surface area contributed by atoms with Crippen molar-refractivity contribution in [2.75, 3.05) is 7.11 Å². The highest BCUT2D eigenvalue weighted by atomic mass is 32.2. The fourth-order valence-electron chi connectivity index (χ4n) is 5.32. The fraction of sp³-hybridized carbons (Fsp3) is 0.0857. The molecule has 2 N–H and O–H groups in total. The van der Waals surface area contributed by atoms with E-state index in [1.165, 1.54) is 0 Å². The van der Waals surface area contributed by atoms with Gasteiger partial charge in [-0.2, -0.15) is 0 Å². The molecule has 14 heteroatoms. The molecule has 0 spiro atoms. The van der Waals surface area contributed by atoms with Crippen LogP contribution in [0.5, 0.6) is 5.75 Å². The lowest BCUT2D eigenvalue weighted by Crippen LogP contribution is -2.17. The van der Waals surface area contributed by atoms with Gasteiger partial charge in [-0.05, 0) is 83.2 Å². The van der Waals surface area contributed by atoms with Crippen molar-refractivity contribution in [3.63, 3.8) is 0 Å². The summed E-state index contributed by atoms with van der Waals surface area (Å²) in [4.78, 5) is 55.5. The second-order valence-electron chi connectivity index (χ2n) is 10.9. The Hall–Kier alpha value is -5.86. The van der Waals surface area contributed by atoms with Crippen LogP contribution in [-0.4, -0.2) is 48.5 Å². The third kappa shape index (κ3) is 7.05. The summed E-state index contributed by atoms with van der Waals surface area (Å²) in [7, 11) is 1.65. The largest absolute Gasteiger partial charge is 0.496 e. The lowest BCUT2D eigenvalue weighted by molar-refractivity contribution is -0.116. The Morgan fingerprint density at radius 2 is 1.33 bits per heavy atom. The molecule has 0 saturated carbocycles. The molecule has 6 aromatic rings. The summed E-state index contributed by atoms with van der Waals surface area (Å²) in [6.07, 6.45) is 10.3. The van der Waals surface area contributed by atoms with Crippen molar-refractivity contribution < 1.29 is 28.3 Å². The second-order valence-corrected chi connectivity index (χ2v) is 12.9. The summed E-state index contributed by atoms with van der Waals surface area (Å²) >= 11 is 1.82. The number of nitrogens with one attached hydrogen (secondary N) is 2. The van der Waals surface area contributed by atoms with E-state index >= 15 is 0 Å². The van der Waals surface area contributed by atoms with Gasteiger partial charge in [0, 0.05) is 11.1 Å². The molecule has 2 saturated heterocycles. The van der Waals surface area contributed by atoms with Gasteiger partial charge in [-0.25, -0.2) is 9.97 Å².